The van der Waals surface area contributed by atoms with Gasteiger partial charge in [-0.2, -0.15) is 0 Å². The first-order valence-electron chi connectivity index (χ1n) is 7.46. The Kier molecular flexibility index (Phi) is 4.94. The molecular formula is C17H13ClF2N2O4S. The molecule has 0 unspecified atom stereocenters. The number of aryl methyl sites for hydroxylation is 1. The number of hydrogen-bond acceptors (Lipinski definition) is 5. The summed E-state index contributed by atoms with van der Waals surface area (Å²) in [7, 11) is -3.12. The highest BCUT2D eigenvalue weighted by Crippen LogP contribution is 2.38. The average Bonchev–Trinajstić information content (AvgIpc) is 2.95. The molecule has 0 saturated carbocycles. The lowest BCUT2D eigenvalue weighted by molar-refractivity contribution is 0.400. The first-order chi connectivity index (χ1) is 12.6. The number of methoxy groups -OCH3 is 1. The molecule has 0 aliphatic rings. The first kappa shape index (κ1) is 19.3. The number of ether oxygens (including phenoxy) is 1. The summed E-state index contributed by atoms with van der Waals surface area (Å²) in [5, 5.41) is 9.17. The lowest BCUT2D eigenvalue weighted by atomic mass is 9.99. The van der Waals surface area contributed by atoms with Crippen LogP contribution in [0.25, 0.3) is 22.4 Å². The molecule has 1 aromatic heterocycles. The average molecular weight is 415 g/mol. The third-order valence-corrected chi connectivity index (χ3v) is 5.13. The fourth-order valence-corrected chi connectivity index (χ4v) is 3.55. The van der Waals surface area contributed by atoms with Crippen molar-refractivity contribution in [1.82, 2.24) is 5.16 Å². The van der Waals surface area contributed by atoms with E-state index >= 15 is 0 Å². The minimum Gasteiger partial charge on any atom is -0.495 e. The number of aromatic nitrogens is 1. The van der Waals surface area contributed by atoms with Crippen LogP contribution >= 0.6 is 11.6 Å². The van der Waals surface area contributed by atoms with Gasteiger partial charge in [0.15, 0.2) is 4.90 Å². The second-order valence-corrected chi connectivity index (χ2v) is 7.53. The van der Waals surface area contributed by atoms with Gasteiger partial charge in [0.05, 0.1) is 17.7 Å². The molecule has 1 heterocycles. The number of sulfonamides is 1. The predicted molar refractivity (Wildman–Crippen MR) is 95.0 cm³/mol. The number of primary sulfonamides is 1. The highest BCUT2D eigenvalue weighted by molar-refractivity contribution is 7.89. The van der Waals surface area contributed by atoms with Crippen LogP contribution in [0.2, 0.25) is 5.02 Å². The van der Waals surface area contributed by atoms with E-state index in [9.17, 15) is 17.2 Å². The molecule has 0 radical (unpaired) electrons. The molecule has 0 aliphatic heterocycles. The normalized spacial score (nSPS) is 11.6. The molecule has 0 saturated heterocycles. The van der Waals surface area contributed by atoms with Gasteiger partial charge < -0.3 is 9.26 Å². The summed E-state index contributed by atoms with van der Waals surface area (Å²) in [4.78, 5) is -1.20. The summed E-state index contributed by atoms with van der Waals surface area (Å²) in [6.45, 7) is 1.56. The van der Waals surface area contributed by atoms with Gasteiger partial charge in [-0.05, 0) is 36.8 Å². The Bertz CT molecular complexity index is 1120. The van der Waals surface area contributed by atoms with Gasteiger partial charge in [-0.1, -0.05) is 22.8 Å². The van der Waals surface area contributed by atoms with E-state index in [-0.39, 0.29) is 22.6 Å². The molecule has 142 valence electrons. The molecule has 0 fully saturated rings. The van der Waals surface area contributed by atoms with Gasteiger partial charge in [0, 0.05) is 5.56 Å². The van der Waals surface area contributed by atoms with Crippen molar-refractivity contribution in [1.29, 1.82) is 0 Å². The summed E-state index contributed by atoms with van der Waals surface area (Å²) in [5.74, 6) is -1.97. The Labute approximate surface area is 158 Å². The second kappa shape index (κ2) is 6.91. The van der Waals surface area contributed by atoms with Crippen molar-refractivity contribution in [3.05, 3.63) is 52.7 Å². The quantitative estimate of drug-likeness (QED) is 0.698. The predicted octanol–water partition coefficient (Wildman–Crippen LogP) is 3.90. The Balaban J connectivity index is 2.22. The second-order valence-electron chi connectivity index (χ2n) is 5.63. The van der Waals surface area contributed by atoms with Gasteiger partial charge in [0.1, 0.15) is 28.8 Å². The minimum absolute atomic E-state index is 0.0417. The van der Waals surface area contributed by atoms with Crippen molar-refractivity contribution in [2.75, 3.05) is 7.11 Å². The summed E-state index contributed by atoms with van der Waals surface area (Å²) < 4.78 is 61.6. The molecule has 27 heavy (non-hydrogen) atoms. The maximum Gasteiger partial charge on any atom is 0.243 e. The van der Waals surface area contributed by atoms with Crippen molar-refractivity contribution in [3.8, 4) is 28.1 Å². The van der Waals surface area contributed by atoms with Crippen LogP contribution in [0.4, 0.5) is 8.78 Å². The van der Waals surface area contributed by atoms with Gasteiger partial charge in [-0.15, -0.1) is 0 Å². The SMILES string of the molecule is COc1cc(-c2noc(C)c2-c2cc(F)c(S(N)(=O)=O)c(F)c2)ccc1Cl. The van der Waals surface area contributed by atoms with Crippen LogP contribution in [-0.2, 0) is 10.0 Å². The third kappa shape index (κ3) is 3.53. The van der Waals surface area contributed by atoms with E-state index in [0.29, 0.717) is 16.3 Å². The zero-order valence-electron chi connectivity index (χ0n) is 14.1. The van der Waals surface area contributed by atoms with Crippen LogP contribution in [0.15, 0.2) is 39.8 Å². The number of hydrogen-bond donors (Lipinski definition) is 1. The number of halogens is 3. The topological polar surface area (TPSA) is 95.4 Å². The van der Waals surface area contributed by atoms with Crippen molar-refractivity contribution >= 4 is 21.6 Å². The highest BCUT2D eigenvalue weighted by Gasteiger charge is 2.25. The minimum atomic E-state index is -4.56. The van der Waals surface area contributed by atoms with E-state index in [1.807, 2.05) is 0 Å². The lowest BCUT2D eigenvalue weighted by Gasteiger charge is -2.09. The molecule has 6 nitrogen and oxygen atoms in total. The van der Waals surface area contributed by atoms with E-state index in [1.54, 1.807) is 25.1 Å². The monoisotopic (exact) mass is 414 g/mol. The van der Waals surface area contributed by atoms with Gasteiger partial charge >= 0.3 is 0 Å². The molecule has 3 rings (SSSR count). The van der Waals surface area contributed by atoms with Crippen LogP contribution in [0.1, 0.15) is 5.76 Å². The van der Waals surface area contributed by atoms with Crippen molar-refractivity contribution in [2.45, 2.75) is 11.8 Å². The molecule has 0 amide bonds. The summed E-state index contributed by atoms with van der Waals surface area (Å²) in [5.41, 5.74) is 1.14. The highest BCUT2D eigenvalue weighted by atomic mass is 35.5. The van der Waals surface area contributed by atoms with E-state index in [2.05, 4.69) is 5.16 Å². The zero-order valence-corrected chi connectivity index (χ0v) is 15.7. The van der Waals surface area contributed by atoms with Crippen LogP contribution < -0.4 is 9.88 Å². The van der Waals surface area contributed by atoms with Gasteiger partial charge in [0.25, 0.3) is 0 Å². The Morgan fingerprint density at radius 1 is 1.15 bits per heavy atom. The van der Waals surface area contributed by atoms with Crippen LogP contribution in [0.5, 0.6) is 5.75 Å². The maximum absolute atomic E-state index is 14.2. The van der Waals surface area contributed by atoms with Crippen molar-refractivity contribution in [2.24, 2.45) is 5.14 Å². The Hall–Kier alpha value is -2.49. The molecule has 2 aromatic carbocycles. The van der Waals surface area contributed by atoms with Crippen molar-refractivity contribution < 1.29 is 26.5 Å². The van der Waals surface area contributed by atoms with Crippen LogP contribution in [0.3, 0.4) is 0 Å². The Morgan fingerprint density at radius 2 is 1.78 bits per heavy atom. The number of nitrogens with zero attached hydrogens (tertiary/aromatic N) is 1. The molecule has 0 atom stereocenters. The molecular weight excluding hydrogens is 402 g/mol. The lowest BCUT2D eigenvalue weighted by Crippen LogP contribution is -2.16. The molecule has 10 heteroatoms. The number of benzene rings is 2. The van der Waals surface area contributed by atoms with E-state index in [1.165, 1.54) is 7.11 Å². The summed E-state index contributed by atoms with van der Waals surface area (Å²) >= 11 is 6.01. The summed E-state index contributed by atoms with van der Waals surface area (Å²) in [6.07, 6.45) is 0. The van der Waals surface area contributed by atoms with Crippen LogP contribution in [0, 0.1) is 18.6 Å². The van der Waals surface area contributed by atoms with Gasteiger partial charge in [0.2, 0.25) is 10.0 Å². The largest absolute Gasteiger partial charge is 0.495 e. The molecule has 0 aliphatic carbocycles. The zero-order chi connectivity index (χ0) is 19.9. The van der Waals surface area contributed by atoms with Crippen LogP contribution in [-0.4, -0.2) is 20.7 Å². The maximum atomic E-state index is 14.2. The summed E-state index contributed by atoms with van der Waals surface area (Å²) in [6, 6.07) is 6.53. The van der Waals surface area contributed by atoms with E-state index < -0.39 is 26.6 Å². The third-order valence-electron chi connectivity index (χ3n) is 3.86. The Morgan fingerprint density at radius 3 is 2.33 bits per heavy atom. The van der Waals surface area contributed by atoms with Gasteiger partial charge in [-0.3, -0.25) is 0 Å². The van der Waals surface area contributed by atoms with Gasteiger partial charge in [-0.25, -0.2) is 22.3 Å². The molecule has 2 N–H and O–H groups in total. The smallest absolute Gasteiger partial charge is 0.243 e. The fourth-order valence-electron chi connectivity index (χ4n) is 2.69. The first-order valence-corrected chi connectivity index (χ1v) is 9.38. The van der Waals surface area contributed by atoms with E-state index in [4.69, 9.17) is 26.0 Å². The number of rotatable bonds is 4. The standard InChI is InChI=1S/C17H13ClF2N2O4S/c1-8-15(10-5-12(19)17(13(20)6-10)27(21,23)24)16(22-26-8)9-3-4-11(18)14(7-9)25-2/h3-7H,1-2H3,(H2,21,23,24). The molecule has 3 aromatic rings. The fraction of sp³-hybridized carbons (Fsp3) is 0.118. The number of nitrogens with two attached hydrogens (primary N) is 1. The molecule has 0 bridgehead atoms. The van der Waals surface area contributed by atoms with Crippen molar-refractivity contribution in [3.63, 3.8) is 0 Å². The molecule has 0 spiro atoms. The van der Waals surface area contributed by atoms with E-state index in [0.717, 1.165) is 12.1 Å².